The van der Waals surface area contributed by atoms with Gasteiger partial charge in [0.05, 0.1) is 6.20 Å². The second kappa shape index (κ2) is 10.2. The number of benzene rings is 2. The van der Waals surface area contributed by atoms with Gasteiger partial charge in [-0.15, -0.1) is 0 Å². The summed E-state index contributed by atoms with van der Waals surface area (Å²) in [6.07, 6.45) is 2.43. The minimum atomic E-state index is -0.294. The van der Waals surface area contributed by atoms with Gasteiger partial charge >= 0.3 is 0 Å². The molecule has 1 saturated heterocycles. The van der Waals surface area contributed by atoms with Crippen molar-refractivity contribution < 1.29 is 18.3 Å². The Morgan fingerprint density at radius 3 is 2.52 bits per heavy atom. The van der Waals surface area contributed by atoms with Crippen LogP contribution in [0, 0.1) is 5.82 Å². The molecule has 2 aromatic carbocycles. The van der Waals surface area contributed by atoms with Crippen LogP contribution >= 0.6 is 0 Å². The number of hydrogen-bond donors (Lipinski definition) is 0. The number of aromatic nitrogens is 1. The Labute approximate surface area is 181 Å². The second-order valence-electron chi connectivity index (χ2n) is 7.51. The molecule has 4 rings (SSSR count). The third-order valence-corrected chi connectivity index (χ3v) is 5.38. The SMILES string of the molecule is O=C(CCc1ncc(-c2ccc(F)cc2)o1)N1CCN(CCOc2ccccc2)CC1. The van der Waals surface area contributed by atoms with Gasteiger partial charge in [0, 0.05) is 51.1 Å². The van der Waals surface area contributed by atoms with Crippen molar-refractivity contribution in [2.75, 3.05) is 39.3 Å². The van der Waals surface area contributed by atoms with Gasteiger partial charge in [-0.3, -0.25) is 9.69 Å². The molecule has 1 amide bonds. The number of piperazine rings is 1. The first-order chi connectivity index (χ1) is 15.2. The number of amides is 1. The van der Waals surface area contributed by atoms with Crippen molar-refractivity contribution >= 4 is 5.91 Å². The van der Waals surface area contributed by atoms with Crippen molar-refractivity contribution in [3.63, 3.8) is 0 Å². The molecule has 1 fully saturated rings. The maximum absolute atomic E-state index is 13.1. The van der Waals surface area contributed by atoms with Crippen molar-refractivity contribution in [3.05, 3.63) is 72.5 Å². The van der Waals surface area contributed by atoms with Crippen molar-refractivity contribution in [3.8, 4) is 17.1 Å². The lowest BCUT2D eigenvalue weighted by Gasteiger charge is -2.34. The van der Waals surface area contributed by atoms with Crippen LogP contribution in [0.25, 0.3) is 11.3 Å². The number of aryl methyl sites for hydroxylation is 1. The molecule has 1 aromatic heterocycles. The van der Waals surface area contributed by atoms with E-state index in [0.717, 1.165) is 44.0 Å². The van der Waals surface area contributed by atoms with Crippen molar-refractivity contribution in [1.82, 2.24) is 14.8 Å². The van der Waals surface area contributed by atoms with Crippen LogP contribution in [0.2, 0.25) is 0 Å². The van der Waals surface area contributed by atoms with Crippen LogP contribution in [0.3, 0.4) is 0 Å². The molecule has 0 unspecified atom stereocenters. The third-order valence-electron chi connectivity index (χ3n) is 5.38. The van der Waals surface area contributed by atoms with E-state index >= 15 is 0 Å². The molecule has 1 aliphatic heterocycles. The maximum Gasteiger partial charge on any atom is 0.223 e. The number of carbonyl (C=O) groups excluding carboxylic acids is 1. The zero-order valence-electron chi connectivity index (χ0n) is 17.4. The third kappa shape index (κ3) is 5.92. The van der Waals surface area contributed by atoms with Crippen LogP contribution in [-0.2, 0) is 11.2 Å². The van der Waals surface area contributed by atoms with Crippen LogP contribution in [0.15, 0.2) is 65.2 Å². The van der Waals surface area contributed by atoms with Gasteiger partial charge in [-0.05, 0) is 36.4 Å². The number of carbonyl (C=O) groups is 1. The zero-order valence-corrected chi connectivity index (χ0v) is 17.4. The quantitative estimate of drug-likeness (QED) is 0.554. The normalized spacial score (nSPS) is 14.5. The van der Waals surface area contributed by atoms with Crippen LogP contribution in [-0.4, -0.2) is 60.0 Å². The molecule has 3 aromatic rings. The van der Waals surface area contributed by atoms with Crippen LogP contribution in [0.5, 0.6) is 5.75 Å². The molecule has 0 radical (unpaired) electrons. The van der Waals surface area contributed by atoms with E-state index in [1.54, 1.807) is 18.3 Å². The van der Waals surface area contributed by atoms with Crippen molar-refractivity contribution in [1.29, 1.82) is 0 Å². The van der Waals surface area contributed by atoms with Gasteiger partial charge in [-0.1, -0.05) is 18.2 Å². The lowest BCUT2D eigenvalue weighted by Crippen LogP contribution is -2.49. The summed E-state index contributed by atoms with van der Waals surface area (Å²) < 4.78 is 24.5. The highest BCUT2D eigenvalue weighted by atomic mass is 19.1. The van der Waals surface area contributed by atoms with E-state index in [4.69, 9.17) is 9.15 Å². The van der Waals surface area contributed by atoms with Gasteiger partial charge in [0.2, 0.25) is 5.91 Å². The standard InChI is InChI=1S/C24H26FN3O3/c25-20-8-6-19(7-9-20)22-18-26-23(31-22)10-11-24(29)28-14-12-27(13-15-28)16-17-30-21-4-2-1-3-5-21/h1-9,18H,10-17H2. The molecule has 0 aliphatic carbocycles. The molecular formula is C24H26FN3O3. The Bertz CT molecular complexity index is 967. The highest BCUT2D eigenvalue weighted by Gasteiger charge is 2.21. The van der Waals surface area contributed by atoms with E-state index in [-0.39, 0.29) is 11.7 Å². The van der Waals surface area contributed by atoms with Gasteiger partial charge in [0.15, 0.2) is 11.7 Å². The Hall–Kier alpha value is -3.19. The van der Waals surface area contributed by atoms with E-state index in [2.05, 4.69) is 9.88 Å². The van der Waals surface area contributed by atoms with Gasteiger partial charge < -0.3 is 14.1 Å². The average Bonchev–Trinajstić information content (AvgIpc) is 3.28. The minimum Gasteiger partial charge on any atom is -0.492 e. The van der Waals surface area contributed by atoms with Crippen LogP contribution < -0.4 is 4.74 Å². The first-order valence-electron chi connectivity index (χ1n) is 10.6. The molecule has 7 heteroatoms. The molecule has 0 spiro atoms. The molecule has 31 heavy (non-hydrogen) atoms. The fraction of sp³-hybridized carbons (Fsp3) is 0.333. The van der Waals surface area contributed by atoms with E-state index < -0.39 is 0 Å². The minimum absolute atomic E-state index is 0.113. The fourth-order valence-electron chi connectivity index (χ4n) is 3.58. The van der Waals surface area contributed by atoms with Gasteiger partial charge in [0.1, 0.15) is 18.2 Å². The molecule has 0 bridgehead atoms. The summed E-state index contributed by atoms with van der Waals surface area (Å²) in [5.41, 5.74) is 0.763. The number of rotatable bonds is 8. The molecule has 0 saturated carbocycles. The Morgan fingerprint density at radius 2 is 1.77 bits per heavy atom. The summed E-state index contributed by atoms with van der Waals surface area (Å²) in [5, 5.41) is 0. The largest absolute Gasteiger partial charge is 0.492 e. The van der Waals surface area contributed by atoms with Crippen molar-refractivity contribution in [2.45, 2.75) is 12.8 Å². The second-order valence-corrected chi connectivity index (χ2v) is 7.51. The predicted octanol–water partition coefficient (Wildman–Crippen LogP) is 3.64. The number of ether oxygens (including phenoxy) is 1. The van der Waals surface area contributed by atoms with Gasteiger partial charge in [-0.2, -0.15) is 0 Å². The molecule has 6 nitrogen and oxygen atoms in total. The van der Waals surface area contributed by atoms with Crippen LogP contribution in [0.1, 0.15) is 12.3 Å². The average molecular weight is 423 g/mol. The molecule has 0 atom stereocenters. The molecule has 2 heterocycles. The van der Waals surface area contributed by atoms with E-state index in [1.165, 1.54) is 12.1 Å². The van der Waals surface area contributed by atoms with Gasteiger partial charge in [0.25, 0.3) is 0 Å². The van der Waals surface area contributed by atoms with Gasteiger partial charge in [-0.25, -0.2) is 9.37 Å². The number of nitrogens with zero attached hydrogens (tertiary/aromatic N) is 3. The summed E-state index contributed by atoms with van der Waals surface area (Å²) >= 11 is 0. The lowest BCUT2D eigenvalue weighted by atomic mass is 10.2. The number of oxazole rings is 1. The summed E-state index contributed by atoms with van der Waals surface area (Å²) in [7, 11) is 0. The summed E-state index contributed by atoms with van der Waals surface area (Å²) in [5.74, 6) is 1.79. The Balaban J connectivity index is 1.17. The molecule has 162 valence electrons. The summed E-state index contributed by atoms with van der Waals surface area (Å²) in [6, 6.07) is 15.9. The van der Waals surface area contributed by atoms with E-state index in [9.17, 15) is 9.18 Å². The number of hydrogen-bond acceptors (Lipinski definition) is 5. The number of halogens is 1. The first-order valence-corrected chi connectivity index (χ1v) is 10.6. The molecular weight excluding hydrogens is 397 g/mol. The lowest BCUT2D eigenvalue weighted by molar-refractivity contribution is -0.133. The molecule has 1 aliphatic rings. The predicted molar refractivity (Wildman–Crippen MR) is 115 cm³/mol. The Kier molecular flexibility index (Phi) is 6.94. The monoisotopic (exact) mass is 423 g/mol. The Morgan fingerprint density at radius 1 is 1.03 bits per heavy atom. The van der Waals surface area contributed by atoms with E-state index in [1.807, 2.05) is 35.2 Å². The molecule has 0 N–H and O–H groups in total. The zero-order chi connectivity index (χ0) is 21.5. The van der Waals surface area contributed by atoms with Crippen LogP contribution in [0.4, 0.5) is 4.39 Å². The fourth-order valence-corrected chi connectivity index (χ4v) is 3.58. The smallest absolute Gasteiger partial charge is 0.223 e. The summed E-state index contributed by atoms with van der Waals surface area (Å²) in [6.45, 7) is 4.61. The summed E-state index contributed by atoms with van der Waals surface area (Å²) in [4.78, 5) is 21.0. The van der Waals surface area contributed by atoms with Crippen molar-refractivity contribution in [2.24, 2.45) is 0 Å². The first kappa shape index (κ1) is 21.1. The highest BCUT2D eigenvalue weighted by Crippen LogP contribution is 2.21. The highest BCUT2D eigenvalue weighted by molar-refractivity contribution is 5.76. The van der Waals surface area contributed by atoms with E-state index in [0.29, 0.717) is 31.1 Å². The maximum atomic E-state index is 13.1. The topological polar surface area (TPSA) is 58.8 Å². The number of para-hydroxylation sites is 1.